The average Bonchev–Trinajstić information content (AvgIpc) is 2.56. The van der Waals surface area contributed by atoms with Crippen LogP contribution in [0.5, 0.6) is 0 Å². The maximum atomic E-state index is 6.49. The van der Waals surface area contributed by atoms with Crippen LogP contribution in [0.15, 0.2) is 61.3 Å². The SMILES string of the molecule is C=CCNC1=C(N)c2c(N)ccc3cccc(c23)C1NCC=C. The van der Waals surface area contributed by atoms with Gasteiger partial charge < -0.3 is 22.1 Å². The summed E-state index contributed by atoms with van der Waals surface area (Å²) >= 11 is 0. The molecule has 3 rings (SSSR count). The minimum absolute atomic E-state index is 0.0223. The summed E-state index contributed by atoms with van der Waals surface area (Å²) in [5.41, 5.74) is 17.1. The van der Waals surface area contributed by atoms with Crippen LogP contribution in [0.25, 0.3) is 16.5 Å². The summed E-state index contributed by atoms with van der Waals surface area (Å²) in [4.78, 5) is 0. The van der Waals surface area contributed by atoms with Crippen LogP contribution in [0.4, 0.5) is 5.69 Å². The van der Waals surface area contributed by atoms with Gasteiger partial charge in [-0.3, -0.25) is 0 Å². The zero-order valence-electron chi connectivity index (χ0n) is 13.1. The zero-order valence-corrected chi connectivity index (χ0v) is 13.1. The molecular weight excluding hydrogens is 284 g/mol. The predicted octanol–water partition coefficient (Wildman–Crippen LogP) is 2.66. The van der Waals surface area contributed by atoms with E-state index >= 15 is 0 Å². The molecule has 0 heterocycles. The summed E-state index contributed by atoms with van der Waals surface area (Å²) in [6.07, 6.45) is 3.66. The molecule has 0 aromatic heterocycles. The number of anilines is 1. The Labute approximate surface area is 136 Å². The van der Waals surface area contributed by atoms with Gasteiger partial charge in [-0.25, -0.2) is 0 Å². The van der Waals surface area contributed by atoms with Gasteiger partial charge in [0.25, 0.3) is 0 Å². The quantitative estimate of drug-likeness (QED) is 0.489. The van der Waals surface area contributed by atoms with Crippen molar-refractivity contribution in [3.8, 4) is 0 Å². The highest BCUT2D eigenvalue weighted by Gasteiger charge is 2.28. The van der Waals surface area contributed by atoms with Crippen molar-refractivity contribution in [3.05, 3.63) is 72.5 Å². The molecule has 0 spiro atoms. The number of rotatable bonds is 6. The van der Waals surface area contributed by atoms with Crippen molar-refractivity contribution < 1.29 is 0 Å². The fourth-order valence-electron chi connectivity index (χ4n) is 3.19. The number of hydrogen-bond donors (Lipinski definition) is 4. The van der Waals surface area contributed by atoms with E-state index in [-0.39, 0.29) is 6.04 Å². The average molecular weight is 306 g/mol. The third-order valence-corrected chi connectivity index (χ3v) is 4.17. The normalized spacial score (nSPS) is 16.4. The highest BCUT2D eigenvalue weighted by atomic mass is 15.0. The molecule has 1 aliphatic carbocycles. The number of nitrogens with two attached hydrogens (primary N) is 2. The van der Waals surface area contributed by atoms with Gasteiger partial charge in [0.1, 0.15) is 0 Å². The predicted molar refractivity (Wildman–Crippen MR) is 98.6 cm³/mol. The molecule has 1 unspecified atom stereocenters. The minimum atomic E-state index is -0.0223. The zero-order chi connectivity index (χ0) is 16.4. The molecule has 0 radical (unpaired) electrons. The second-order valence-electron chi connectivity index (χ2n) is 5.60. The van der Waals surface area contributed by atoms with Crippen molar-refractivity contribution in [2.45, 2.75) is 6.04 Å². The van der Waals surface area contributed by atoms with Crippen LogP contribution < -0.4 is 22.1 Å². The lowest BCUT2D eigenvalue weighted by molar-refractivity contribution is 0.601. The van der Waals surface area contributed by atoms with Gasteiger partial charge >= 0.3 is 0 Å². The van der Waals surface area contributed by atoms with E-state index in [0.717, 1.165) is 22.0 Å². The third-order valence-electron chi connectivity index (χ3n) is 4.17. The monoisotopic (exact) mass is 306 g/mol. The van der Waals surface area contributed by atoms with Crippen LogP contribution in [0.2, 0.25) is 0 Å². The van der Waals surface area contributed by atoms with Crippen LogP contribution in [-0.2, 0) is 0 Å². The summed E-state index contributed by atoms with van der Waals surface area (Å²) in [6, 6.07) is 10.2. The first-order chi connectivity index (χ1) is 11.2. The maximum Gasteiger partial charge on any atom is 0.0755 e. The lowest BCUT2D eigenvalue weighted by atomic mass is 9.85. The van der Waals surface area contributed by atoms with Gasteiger partial charge in [0.2, 0.25) is 0 Å². The van der Waals surface area contributed by atoms with Gasteiger partial charge in [-0.05, 0) is 22.4 Å². The molecule has 0 saturated carbocycles. The summed E-state index contributed by atoms with van der Waals surface area (Å²) in [7, 11) is 0. The van der Waals surface area contributed by atoms with E-state index in [1.807, 2.05) is 24.3 Å². The van der Waals surface area contributed by atoms with Gasteiger partial charge in [0.05, 0.1) is 17.4 Å². The molecule has 0 saturated heterocycles. The number of hydrogen-bond acceptors (Lipinski definition) is 4. The Balaban J connectivity index is 2.26. The lowest BCUT2D eigenvalue weighted by Gasteiger charge is -2.31. The van der Waals surface area contributed by atoms with Crippen molar-refractivity contribution in [2.75, 3.05) is 18.8 Å². The standard InChI is InChI=1S/C19H22N4/c1-3-10-22-18-13-7-5-6-12-8-9-14(20)16(15(12)13)17(21)19(18)23-11-4-2/h3-9,18,22-23H,1-2,10-11,20-21H2. The molecule has 1 aliphatic rings. The second-order valence-corrected chi connectivity index (χ2v) is 5.60. The third kappa shape index (κ3) is 2.47. The molecule has 0 amide bonds. The van der Waals surface area contributed by atoms with Crippen LogP contribution in [0.1, 0.15) is 17.2 Å². The molecule has 118 valence electrons. The summed E-state index contributed by atoms with van der Waals surface area (Å²) in [5, 5.41) is 9.13. The Kier molecular flexibility index (Phi) is 4.08. The molecule has 4 nitrogen and oxygen atoms in total. The van der Waals surface area contributed by atoms with E-state index in [1.54, 1.807) is 0 Å². The van der Waals surface area contributed by atoms with Crippen molar-refractivity contribution in [1.29, 1.82) is 0 Å². The first-order valence-corrected chi connectivity index (χ1v) is 7.69. The molecule has 0 aliphatic heterocycles. The summed E-state index contributed by atoms with van der Waals surface area (Å²) < 4.78 is 0. The smallest absolute Gasteiger partial charge is 0.0755 e. The second kappa shape index (κ2) is 6.18. The van der Waals surface area contributed by atoms with Crippen molar-refractivity contribution in [3.63, 3.8) is 0 Å². The van der Waals surface area contributed by atoms with Crippen molar-refractivity contribution in [1.82, 2.24) is 10.6 Å². The maximum absolute atomic E-state index is 6.49. The van der Waals surface area contributed by atoms with Gasteiger partial charge in [0.15, 0.2) is 0 Å². The largest absolute Gasteiger partial charge is 0.398 e. The molecule has 4 heteroatoms. The first-order valence-electron chi connectivity index (χ1n) is 7.69. The highest BCUT2D eigenvalue weighted by Crippen LogP contribution is 2.41. The van der Waals surface area contributed by atoms with E-state index in [9.17, 15) is 0 Å². The van der Waals surface area contributed by atoms with Crippen LogP contribution in [0, 0.1) is 0 Å². The molecule has 6 N–H and O–H groups in total. The van der Waals surface area contributed by atoms with Gasteiger partial charge in [0, 0.05) is 24.3 Å². The summed E-state index contributed by atoms with van der Waals surface area (Å²) in [6.45, 7) is 8.89. The van der Waals surface area contributed by atoms with Gasteiger partial charge in [-0.1, -0.05) is 36.4 Å². The molecule has 0 fully saturated rings. The van der Waals surface area contributed by atoms with Crippen LogP contribution in [0.3, 0.4) is 0 Å². The lowest BCUT2D eigenvalue weighted by Crippen LogP contribution is -2.34. The number of nitrogen functional groups attached to an aromatic ring is 1. The molecule has 2 aromatic carbocycles. The first kappa shape index (κ1) is 15.2. The topological polar surface area (TPSA) is 76.1 Å². The van der Waals surface area contributed by atoms with Crippen molar-refractivity contribution >= 4 is 22.2 Å². The molecule has 0 bridgehead atoms. The minimum Gasteiger partial charge on any atom is -0.398 e. The number of benzene rings is 2. The molecule has 2 aromatic rings. The van der Waals surface area contributed by atoms with Crippen molar-refractivity contribution in [2.24, 2.45) is 5.73 Å². The molecular formula is C19H22N4. The fraction of sp³-hybridized carbons (Fsp3) is 0.158. The Hall–Kier alpha value is -2.72. The van der Waals surface area contributed by atoms with Crippen LogP contribution >= 0.6 is 0 Å². The Morgan fingerprint density at radius 2 is 1.83 bits per heavy atom. The molecule has 1 atom stereocenters. The number of nitrogens with one attached hydrogen (secondary N) is 2. The highest BCUT2D eigenvalue weighted by molar-refractivity contribution is 6.03. The van der Waals surface area contributed by atoms with Crippen LogP contribution in [-0.4, -0.2) is 13.1 Å². The van der Waals surface area contributed by atoms with E-state index in [1.165, 1.54) is 5.56 Å². The van der Waals surface area contributed by atoms with E-state index in [4.69, 9.17) is 11.5 Å². The fourth-order valence-corrected chi connectivity index (χ4v) is 3.19. The van der Waals surface area contributed by atoms with E-state index in [0.29, 0.717) is 24.5 Å². The van der Waals surface area contributed by atoms with E-state index in [2.05, 4.69) is 42.0 Å². The van der Waals surface area contributed by atoms with E-state index < -0.39 is 0 Å². The Bertz CT molecular complexity index is 804. The molecule has 23 heavy (non-hydrogen) atoms. The summed E-state index contributed by atoms with van der Waals surface area (Å²) in [5.74, 6) is 0. The van der Waals surface area contributed by atoms with Gasteiger partial charge in [-0.15, -0.1) is 13.2 Å². The Morgan fingerprint density at radius 1 is 1.04 bits per heavy atom. The Morgan fingerprint density at radius 3 is 2.57 bits per heavy atom. The van der Waals surface area contributed by atoms with Gasteiger partial charge in [-0.2, -0.15) is 0 Å².